The molecule has 0 saturated heterocycles. The molecule has 1 aromatic rings. The minimum Gasteiger partial charge on any atom is -0.494 e. The van der Waals surface area contributed by atoms with Gasteiger partial charge in [0.15, 0.2) is 5.96 Å². The van der Waals surface area contributed by atoms with Crippen molar-refractivity contribution in [3.05, 3.63) is 29.8 Å². The van der Waals surface area contributed by atoms with Crippen LogP contribution in [0.3, 0.4) is 0 Å². The van der Waals surface area contributed by atoms with Gasteiger partial charge in [-0.15, -0.1) is 0 Å². The molecule has 18 heavy (non-hydrogen) atoms. The van der Waals surface area contributed by atoms with Gasteiger partial charge in [-0.2, -0.15) is 0 Å². The van der Waals surface area contributed by atoms with E-state index in [2.05, 4.69) is 24.2 Å². The number of hydrogen-bond donors (Lipinski definition) is 2. The van der Waals surface area contributed by atoms with Crippen molar-refractivity contribution in [1.29, 1.82) is 0 Å². The highest BCUT2D eigenvalue weighted by atomic mass is 16.5. The van der Waals surface area contributed by atoms with Gasteiger partial charge in [0.25, 0.3) is 0 Å². The molecule has 0 spiro atoms. The number of aliphatic imine (C=N–C) groups is 1. The van der Waals surface area contributed by atoms with Crippen LogP contribution in [-0.2, 0) is 6.54 Å². The fourth-order valence-corrected chi connectivity index (χ4v) is 1.44. The van der Waals surface area contributed by atoms with Gasteiger partial charge in [0.2, 0.25) is 0 Å². The Hall–Kier alpha value is -1.71. The Morgan fingerprint density at radius 1 is 1.44 bits per heavy atom. The molecule has 0 saturated carbocycles. The summed E-state index contributed by atoms with van der Waals surface area (Å²) in [6.45, 7) is 8.31. The van der Waals surface area contributed by atoms with Gasteiger partial charge in [-0.1, -0.05) is 26.0 Å². The molecule has 0 atom stereocenters. The molecule has 0 fully saturated rings. The summed E-state index contributed by atoms with van der Waals surface area (Å²) in [6.07, 6.45) is 0. The summed E-state index contributed by atoms with van der Waals surface area (Å²) < 4.78 is 5.44. The molecule has 0 unspecified atom stereocenters. The summed E-state index contributed by atoms with van der Waals surface area (Å²) in [4.78, 5) is 4.30. The minimum absolute atomic E-state index is 0.491. The quantitative estimate of drug-likeness (QED) is 0.600. The van der Waals surface area contributed by atoms with Crippen LogP contribution in [0, 0.1) is 5.92 Å². The lowest BCUT2D eigenvalue weighted by Crippen LogP contribution is -2.34. The third kappa shape index (κ3) is 5.57. The molecule has 0 amide bonds. The van der Waals surface area contributed by atoms with E-state index >= 15 is 0 Å². The van der Waals surface area contributed by atoms with Gasteiger partial charge in [0.1, 0.15) is 5.75 Å². The molecule has 4 heteroatoms. The van der Waals surface area contributed by atoms with Gasteiger partial charge in [-0.3, -0.25) is 0 Å². The van der Waals surface area contributed by atoms with E-state index in [0.29, 0.717) is 25.0 Å². The van der Waals surface area contributed by atoms with E-state index in [1.165, 1.54) is 0 Å². The third-order valence-electron chi connectivity index (χ3n) is 2.33. The van der Waals surface area contributed by atoms with E-state index in [1.54, 1.807) is 0 Å². The van der Waals surface area contributed by atoms with E-state index in [-0.39, 0.29) is 0 Å². The maximum Gasteiger partial charge on any atom is 0.188 e. The van der Waals surface area contributed by atoms with Crippen LogP contribution in [-0.4, -0.2) is 19.1 Å². The van der Waals surface area contributed by atoms with Crippen LogP contribution in [0.1, 0.15) is 26.3 Å². The van der Waals surface area contributed by atoms with E-state index < -0.39 is 0 Å². The first-order valence-electron chi connectivity index (χ1n) is 6.37. The van der Waals surface area contributed by atoms with Gasteiger partial charge in [-0.05, 0) is 30.5 Å². The van der Waals surface area contributed by atoms with E-state index in [1.807, 2.05) is 31.2 Å². The standard InChI is InChI=1S/C14H23N3O/c1-4-18-13-7-5-6-12(8-13)10-17-14(15)16-9-11(2)3/h5-8,11H,4,9-10H2,1-3H3,(H3,15,16,17). The van der Waals surface area contributed by atoms with Crippen LogP contribution < -0.4 is 15.8 Å². The predicted molar refractivity (Wildman–Crippen MR) is 75.8 cm³/mol. The number of guanidine groups is 1. The molecule has 100 valence electrons. The Kier molecular flexibility index (Phi) is 6.05. The maximum atomic E-state index is 5.77. The highest BCUT2D eigenvalue weighted by Gasteiger charge is 1.97. The number of hydrogen-bond acceptors (Lipinski definition) is 2. The van der Waals surface area contributed by atoms with Crippen molar-refractivity contribution in [3.63, 3.8) is 0 Å². The number of rotatable bonds is 6. The topological polar surface area (TPSA) is 59.6 Å². The monoisotopic (exact) mass is 249 g/mol. The lowest BCUT2D eigenvalue weighted by atomic mass is 10.2. The Bertz CT molecular complexity index is 388. The zero-order valence-electron chi connectivity index (χ0n) is 11.4. The Balaban J connectivity index is 2.51. The Labute approximate surface area is 109 Å². The first-order chi connectivity index (χ1) is 8.61. The first-order valence-corrected chi connectivity index (χ1v) is 6.37. The van der Waals surface area contributed by atoms with Crippen molar-refractivity contribution < 1.29 is 4.74 Å². The fourth-order valence-electron chi connectivity index (χ4n) is 1.44. The molecule has 0 aromatic heterocycles. The van der Waals surface area contributed by atoms with Gasteiger partial charge in [0, 0.05) is 6.54 Å². The molecule has 0 aliphatic carbocycles. The van der Waals surface area contributed by atoms with Gasteiger partial charge >= 0.3 is 0 Å². The van der Waals surface area contributed by atoms with Gasteiger partial charge < -0.3 is 15.8 Å². The van der Waals surface area contributed by atoms with Gasteiger partial charge in [-0.25, -0.2) is 4.99 Å². The number of nitrogens with zero attached hydrogens (tertiary/aromatic N) is 1. The van der Waals surface area contributed by atoms with Crippen LogP contribution in [0.25, 0.3) is 0 Å². The van der Waals surface area contributed by atoms with Crippen LogP contribution in [0.2, 0.25) is 0 Å². The molecule has 0 bridgehead atoms. The van der Waals surface area contributed by atoms with Crippen LogP contribution >= 0.6 is 0 Å². The molecule has 1 rings (SSSR count). The second kappa shape index (κ2) is 7.58. The first kappa shape index (κ1) is 14.4. The minimum atomic E-state index is 0.491. The average Bonchev–Trinajstić information content (AvgIpc) is 2.35. The average molecular weight is 249 g/mol. The molecule has 0 radical (unpaired) electrons. The Morgan fingerprint density at radius 3 is 2.89 bits per heavy atom. The van der Waals surface area contributed by atoms with Crippen molar-refractivity contribution in [2.24, 2.45) is 16.6 Å². The normalized spacial score (nSPS) is 11.7. The summed E-state index contributed by atoms with van der Waals surface area (Å²) in [5.41, 5.74) is 6.87. The van der Waals surface area contributed by atoms with Crippen molar-refractivity contribution in [1.82, 2.24) is 5.32 Å². The Morgan fingerprint density at radius 2 is 2.22 bits per heavy atom. The molecule has 0 aliphatic heterocycles. The lowest BCUT2D eigenvalue weighted by molar-refractivity contribution is 0.340. The second-order valence-corrected chi connectivity index (χ2v) is 4.56. The molecule has 3 N–H and O–H groups in total. The molecule has 0 heterocycles. The summed E-state index contributed by atoms with van der Waals surface area (Å²) in [6, 6.07) is 7.91. The SMILES string of the molecule is CCOc1cccc(CN=C(N)NCC(C)C)c1. The number of nitrogens with two attached hydrogens (primary N) is 1. The summed E-state index contributed by atoms with van der Waals surface area (Å²) in [5, 5.41) is 3.09. The fraction of sp³-hybridized carbons (Fsp3) is 0.500. The van der Waals surface area contributed by atoms with E-state index in [0.717, 1.165) is 17.9 Å². The van der Waals surface area contributed by atoms with E-state index in [4.69, 9.17) is 10.5 Å². The molecule has 4 nitrogen and oxygen atoms in total. The largest absolute Gasteiger partial charge is 0.494 e. The zero-order chi connectivity index (χ0) is 13.4. The van der Waals surface area contributed by atoms with Crippen LogP contribution in [0.5, 0.6) is 5.75 Å². The zero-order valence-corrected chi connectivity index (χ0v) is 11.4. The molecule has 1 aromatic carbocycles. The maximum absolute atomic E-state index is 5.77. The summed E-state index contributed by atoms with van der Waals surface area (Å²) in [7, 11) is 0. The number of nitrogens with one attached hydrogen (secondary N) is 1. The van der Waals surface area contributed by atoms with Crippen LogP contribution in [0.15, 0.2) is 29.3 Å². The van der Waals surface area contributed by atoms with Crippen molar-refractivity contribution >= 4 is 5.96 Å². The van der Waals surface area contributed by atoms with Crippen LogP contribution in [0.4, 0.5) is 0 Å². The smallest absolute Gasteiger partial charge is 0.188 e. The van der Waals surface area contributed by atoms with E-state index in [9.17, 15) is 0 Å². The summed E-state index contributed by atoms with van der Waals surface area (Å²) >= 11 is 0. The van der Waals surface area contributed by atoms with Gasteiger partial charge in [0.05, 0.1) is 13.2 Å². The second-order valence-electron chi connectivity index (χ2n) is 4.56. The summed E-state index contributed by atoms with van der Waals surface area (Å²) in [5.74, 6) is 1.92. The lowest BCUT2D eigenvalue weighted by Gasteiger charge is -2.08. The molecular weight excluding hydrogens is 226 g/mol. The number of benzene rings is 1. The predicted octanol–water partition coefficient (Wildman–Crippen LogP) is 2.15. The van der Waals surface area contributed by atoms with Crippen molar-refractivity contribution in [3.8, 4) is 5.75 Å². The number of ether oxygens (including phenoxy) is 1. The highest BCUT2D eigenvalue weighted by Crippen LogP contribution is 2.13. The highest BCUT2D eigenvalue weighted by molar-refractivity contribution is 5.77. The van der Waals surface area contributed by atoms with Crippen molar-refractivity contribution in [2.75, 3.05) is 13.2 Å². The van der Waals surface area contributed by atoms with Crippen molar-refractivity contribution in [2.45, 2.75) is 27.3 Å². The third-order valence-corrected chi connectivity index (χ3v) is 2.33. The molecule has 0 aliphatic rings. The molecular formula is C14H23N3O.